The number of carboxylic acid groups (broad SMARTS) is 1. The number of carbonyl (C=O) groups is 2. The highest BCUT2D eigenvalue weighted by Gasteiger charge is 2.28. The van der Waals surface area contributed by atoms with E-state index in [1.54, 1.807) is 23.1 Å². The van der Waals surface area contributed by atoms with Gasteiger partial charge in [0.1, 0.15) is 5.75 Å². The third-order valence-electron chi connectivity index (χ3n) is 3.53. The van der Waals surface area contributed by atoms with Gasteiger partial charge in [0.2, 0.25) is 0 Å². The molecule has 1 heterocycles. The van der Waals surface area contributed by atoms with Gasteiger partial charge in [-0.2, -0.15) is 0 Å². The summed E-state index contributed by atoms with van der Waals surface area (Å²) in [6.07, 6.45) is 0.966. The van der Waals surface area contributed by atoms with E-state index in [-0.39, 0.29) is 11.8 Å². The Morgan fingerprint density at radius 1 is 1.35 bits per heavy atom. The summed E-state index contributed by atoms with van der Waals surface area (Å²) in [4.78, 5) is 25.0. The number of hydrogen-bond acceptors (Lipinski definition) is 3. The summed E-state index contributed by atoms with van der Waals surface area (Å²) in [5.74, 6) is -0.863. The van der Waals surface area contributed by atoms with Crippen molar-refractivity contribution in [1.29, 1.82) is 0 Å². The molecule has 0 atom stereocenters. The molecule has 0 aliphatic carbocycles. The highest BCUT2D eigenvalue weighted by Crippen LogP contribution is 2.26. The maximum atomic E-state index is 12.4. The molecule has 0 radical (unpaired) electrons. The third kappa shape index (κ3) is 3.04. The summed E-state index contributed by atoms with van der Waals surface area (Å²) >= 11 is 5.87. The molecule has 1 fully saturated rings. The van der Waals surface area contributed by atoms with Gasteiger partial charge in [-0.05, 0) is 31.0 Å². The summed E-state index contributed by atoms with van der Waals surface area (Å²) in [7, 11) is 1.49. The van der Waals surface area contributed by atoms with Crippen LogP contribution in [0, 0.1) is 5.92 Å². The molecule has 1 saturated heterocycles. The van der Waals surface area contributed by atoms with Crippen LogP contribution in [-0.2, 0) is 4.79 Å². The lowest BCUT2D eigenvalue weighted by Crippen LogP contribution is -2.40. The SMILES string of the molecule is COc1cc(Cl)ccc1C(=O)N1CCC(C(=O)O)CC1. The van der Waals surface area contributed by atoms with Gasteiger partial charge >= 0.3 is 5.97 Å². The number of benzene rings is 1. The van der Waals surface area contributed by atoms with Gasteiger partial charge < -0.3 is 14.7 Å². The molecule has 6 heteroatoms. The summed E-state index contributed by atoms with van der Waals surface area (Å²) in [5.41, 5.74) is 0.450. The zero-order chi connectivity index (χ0) is 14.7. The van der Waals surface area contributed by atoms with Gasteiger partial charge in [0.05, 0.1) is 18.6 Å². The molecule has 1 amide bonds. The molecular weight excluding hydrogens is 282 g/mol. The van der Waals surface area contributed by atoms with Crippen molar-refractivity contribution in [3.63, 3.8) is 0 Å². The smallest absolute Gasteiger partial charge is 0.306 e. The number of piperidine rings is 1. The fraction of sp³-hybridized carbons (Fsp3) is 0.429. The van der Waals surface area contributed by atoms with Gasteiger partial charge in [-0.3, -0.25) is 9.59 Å². The lowest BCUT2D eigenvalue weighted by atomic mass is 9.96. The number of methoxy groups -OCH3 is 1. The topological polar surface area (TPSA) is 66.8 Å². The molecule has 20 heavy (non-hydrogen) atoms. The Morgan fingerprint density at radius 3 is 2.55 bits per heavy atom. The number of hydrogen-bond donors (Lipinski definition) is 1. The second-order valence-electron chi connectivity index (χ2n) is 4.75. The highest BCUT2D eigenvalue weighted by atomic mass is 35.5. The van der Waals surface area contributed by atoms with Crippen molar-refractivity contribution in [2.45, 2.75) is 12.8 Å². The van der Waals surface area contributed by atoms with Gasteiger partial charge in [0, 0.05) is 18.1 Å². The highest BCUT2D eigenvalue weighted by molar-refractivity contribution is 6.30. The largest absolute Gasteiger partial charge is 0.496 e. The zero-order valence-corrected chi connectivity index (χ0v) is 11.9. The minimum atomic E-state index is -0.791. The van der Waals surface area contributed by atoms with E-state index < -0.39 is 5.97 Å². The summed E-state index contributed by atoms with van der Waals surface area (Å²) in [5, 5.41) is 9.46. The van der Waals surface area contributed by atoms with Crippen molar-refractivity contribution >= 4 is 23.5 Å². The van der Waals surface area contributed by atoms with Gasteiger partial charge in [-0.1, -0.05) is 11.6 Å². The monoisotopic (exact) mass is 297 g/mol. The maximum absolute atomic E-state index is 12.4. The molecule has 1 aromatic carbocycles. The van der Waals surface area contributed by atoms with E-state index in [2.05, 4.69) is 0 Å². The van der Waals surface area contributed by atoms with E-state index in [1.807, 2.05) is 0 Å². The van der Waals surface area contributed by atoms with Crippen molar-refractivity contribution in [2.75, 3.05) is 20.2 Å². The second-order valence-corrected chi connectivity index (χ2v) is 5.19. The lowest BCUT2D eigenvalue weighted by Gasteiger charge is -2.30. The fourth-order valence-corrected chi connectivity index (χ4v) is 2.50. The number of nitrogens with zero attached hydrogens (tertiary/aromatic N) is 1. The summed E-state index contributed by atoms with van der Waals surface area (Å²) in [6.45, 7) is 0.892. The number of carboxylic acids is 1. The normalized spacial score (nSPS) is 16.0. The lowest BCUT2D eigenvalue weighted by molar-refractivity contribution is -0.143. The van der Waals surface area contributed by atoms with Crippen molar-refractivity contribution in [2.24, 2.45) is 5.92 Å². The van der Waals surface area contributed by atoms with Crippen LogP contribution in [0.25, 0.3) is 0 Å². The van der Waals surface area contributed by atoms with Crippen LogP contribution in [0.5, 0.6) is 5.75 Å². The average molecular weight is 298 g/mol. The number of amides is 1. The van der Waals surface area contributed by atoms with E-state index in [0.717, 1.165) is 0 Å². The van der Waals surface area contributed by atoms with E-state index in [9.17, 15) is 9.59 Å². The first-order valence-corrected chi connectivity index (χ1v) is 6.76. The van der Waals surface area contributed by atoms with Crippen LogP contribution in [0.4, 0.5) is 0 Å². The molecule has 5 nitrogen and oxygen atoms in total. The van der Waals surface area contributed by atoms with Crippen LogP contribution in [0.3, 0.4) is 0 Å². The minimum Gasteiger partial charge on any atom is -0.496 e. The first-order valence-electron chi connectivity index (χ1n) is 6.38. The standard InChI is InChI=1S/C14H16ClNO4/c1-20-12-8-10(15)2-3-11(12)13(17)16-6-4-9(5-7-16)14(18)19/h2-3,8-9H,4-7H2,1H3,(H,18,19). The number of ether oxygens (including phenoxy) is 1. The predicted molar refractivity (Wildman–Crippen MR) is 74.3 cm³/mol. The summed E-state index contributed by atoms with van der Waals surface area (Å²) in [6, 6.07) is 4.87. The molecule has 1 aliphatic heterocycles. The number of likely N-dealkylation sites (tertiary alicyclic amines) is 1. The maximum Gasteiger partial charge on any atom is 0.306 e. The number of rotatable bonds is 3. The van der Waals surface area contributed by atoms with Gasteiger partial charge in [-0.15, -0.1) is 0 Å². The van der Waals surface area contributed by atoms with Gasteiger partial charge in [0.15, 0.2) is 0 Å². The molecule has 1 aliphatic rings. The quantitative estimate of drug-likeness (QED) is 0.929. The minimum absolute atomic E-state index is 0.151. The molecule has 0 spiro atoms. The van der Waals surface area contributed by atoms with Crippen LogP contribution >= 0.6 is 11.6 Å². The van der Waals surface area contributed by atoms with E-state index >= 15 is 0 Å². The van der Waals surface area contributed by atoms with Crippen LogP contribution in [0.15, 0.2) is 18.2 Å². The Morgan fingerprint density at radius 2 is 2.00 bits per heavy atom. The summed E-state index contributed by atoms with van der Waals surface area (Å²) < 4.78 is 5.17. The Labute approximate surface area is 122 Å². The number of carbonyl (C=O) groups excluding carboxylic acids is 1. The van der Waals surface area contributed by atoms with Crippen molar-refractivity contribution in [3.05, 3.63) is 28.8 Å². The van der Waals surface area contributed by atoms with E-state index in [0.29, 0.717) is 42.3 Å². The first-order chi connectivity index (χ1) is 9.52. The Balaban J connectivity index is 2.11. The molecular formula is C14H16ClNO4. The Hall–Kier alpha value is -1.75. The van der Waals surface area contributed by atoms with Crippen molar-refractivity contribution in [1.82, 2.24) is 4.90 Å². The van der Waals surface area contributed by atoms with Crippen molar-refractivity contribution in [3.8, 4) is 5.75 Å². The molecule has 0 aromatic heterocycles. The van der Waals surface area contributed by atoms with Crippen LogP contribution in [0.1, 0.15) is 23.2 Å². The average Bonchev–Trinajstić information content (AvgIpc) is 2.46. The van der Waals surface area contributed by atoms with Crippen LogP contribution in [-0.4, -0.2) is 42.1 Å². The van der Waals surface area contributed by atoms with Crippen LogP contribution < -0.4 is 4.74 Å². The molecule has 0 unspecified atom stereocenters. The third-order valence-corrected chi connectivity index (χ3v) is 3.76. The number of aliphatic carboxylic acids is 1. The van der Waals surface area contributed by atoms with Gasteiger partial charge in [0.25, 0.3) is 5.91 Å². The zero-order valence-electron chi connectivity index (χ0n) is 11.1. The molecule has 0 bridgehead atoms. The second kappa shape index (κ2) is 6.13. The van der Waals surface area contributed by atoms with Crippen molar-refractivity contribution < 1.29 is 19.4 Å². The molecule has 108 valence electrons. The van der Waals surface area contributed by atoms with E-state index in [1.165, 1.54) is 7.11 Å². The predicted octanol–water partition coefficient (Wildman–Crippen LogP) is 2.29. The van der Waals surface area contributed by atoms with Crippen LogP contribution in [0.2, 0.25) is 5.02 Å². The molecule has 2 rings (SSSR count). The fourth-order valence-electron chi connectivity index (χ4n) is 2.34. The van der Waals surface area contributed by atoms with E-state index in [4.69, 9.17) is 21.4 Å². The molecule has 1 N–H and O–H groups in total. The first kappa shape index (κ1) is 14.7. The Bertz CT molecular complexity index is 524. The molecule has 0 saturated carbocycles. The van der Waals surface area contributed by atoms with Gasteiger partial charge in [-0.25, -0.2) is 0 Å². The number of halogens is 1. The molecule has 1 aromatic rings. The Kier molecular flexibility index (Phi) is 4.49.